The van der Waals surface area contributed by atoms with Gasteiger partial charge in [0.1, 0.15) is 0 Å². The van der Waals surface area contributed by atoms with Crippen LogP contribution >= 0.6 is 0 Å². The minimum absolute atomic E-state index is 0.225. The third-order valence-corrected chi connectivity index (χ3v) is 2.95. The quantitative estimate of drug-likeness (QED) is 0.724. The Bertz CT molecular complexity index is 191. The molecule has 1 amide bonds. The van der Waals surface area contributed by atoms with Crippen LogP contribution in [0.5, 0.6) is 0 Å². The number of methoxy groups -OCH3 is 1. The van der Waals surface area contributed by atoms with Gasteiger partial charge < -0.3 is 15.0 Å². The fourth-order valence-electron chi connectivity index (χ4n) is 1.95. The van der Waals surface area contributed by atoms with E-state index in [4.69, 9.17) is 4.74 Å². The van der Waals surface area contributed by atoms with Crippen molar-refractivity contribution < 1.29 is 9.53 Å². The van der Waals surface area contributed by atoms with Gasteiger partial charge in [-0.3, -0.25) is 4.79 Å². The summed E-state index contributed by atoms with van der Waals surface area (Å²) in [7, 11) is 1.67. The molecule has 0 bridgehead atoms. The van der Waals surface area contributed by atoms with E-state index in [0.29, 0.717) is 12.5 Å². The average Bonchev–Trinajstić information content (AvgIpc) is 2.31. The molecule has 1 N–H and O–H groups in total. The molecule has 1 saturated heterocycles. The molecule has 15 heavy (non-hydrogen) atoms. The number of ether oxygens (including phenoxy) is 1. The maximum absolute atomic E-state index is 12.1. The van der Waals surface area contributed by atoms with Crippen molar-refractivity contribution in [3.8, 4) is 0 Å². The Labute approximate surface area is 92.0 Å². The molecule has 1 aliphatic heterocycles. The van der Waals surface area contributed by atoms with Crippen molar-refractivity contribution in [2.75, 3.05) is 39.9 Å². The molecule has 4 heteroatoms. The summed E-state index contributed by atoms with van der Waals surface area (Å²) in [6, 6.07) is 0. The number of rotatable bonds is 5. The Morgan fingerprint density at radius 2 is 2.13 bits per heavy atom. The van der Waals surface area contributed by atoms with Gasteiger partial charge in [-0.15, -0.1) is 0 Å². The van der Waals surface area contributed by atoms with E-state index in [-0.39, 0.29) is 5.92 Å². The Balaban J connectivity index is 2.40. The summed E-state index contributed by atoms with van der Waals surface area (Å²) in [6.07, 6.45) is 1.95. The molecule has 0 radical (unpaired) electrons. The molecule has 88 valence electrons. The minimum atomic E-state index is 0.225. The number of carbonyl (C=O) groups excluding carboxylic acids is 1. The van der Waals surface area contributed by atoms with Crippen LogP contribution in [0.4, 0.5) is 0 Å². The van der Waals surface area contributed by atoms with Crippen molar-refractivity contribution in [3.63, 3.8) is 0 Å². The van der Waals surface area contributed by atoms with Crippen LogP contribution in [0.1, 0.15) is 19.8 Å². The van der Waals surface area contributed by atoms with Crippen LogP contribution in [0.2, 0.25) is 0 Å². The molecular weight excluding hydrogens is 192 g/mol. The van der Waals surface area contributed by atoms with Gasteiger partial charge in [0.25, 0.3) is 0 Å². The number of nitrogens with zero attached hydrogens (tertiary/aromatic N) is 1. The first-order valence-electron chi connectivity index (χ1n) is 5.78. The lowest BCUT2D eigenvalue weighted by molar-refractivity contribution is -0.136. The number of piperidine rings is 1. The second-order valence-corrected chi connectivity index (χ2v) is 3.93. The van der Waals surface area contributed by atoms with Gasteiger partial charge in [0.2, 0.25) is 5.91 Å². The minimum Gasteiger partial charge on any atom is -0.383 e. The van der Waals surface area contributed by atoms with Crippen LogP contribution in [0.15, 0.2) is 0 Å². The van der Waals surface area contributed by atoms with Crippen molar-refractivity contribution in [1.82, 2.24) is 10.2 Å². The van der Waals surface area contributed by atoms with Gasteiger partial charge in [-0.2, -0.15) is 0 Å². The fraction of sp³-hybridized carbons (Fsp3) is 0.909. The molecule has 4 nitrogen and oxygen atoms in total. The van der Waals surface area contributed by atoms with Gasteiger partial charge in [0, 0.05) is 26.1 Å². The SMILES string of the molecule is CCN(CCOC)C(=O)C1CCNCC1. The Hall–Kier alpha value is -0.610. The number of likely N-dealkylation sites (N-methyl/N-ethyl adjacent to an activating group) is 1. The maximum Gasteiger partial charge on any atom is 0.225 e. The molecule has 0 aromatic heterocycles. The molecule has 0 saturated carbocycles. The zero-order valence-electron chi connectivity index (χ0n) is 9.79. The van der Waals surface area contributed by atoms with E-state index < -0.39 is 0 Å². The zero-order valence-corrected chi connectivity index (χ0v) is 9.79. The standard InChI is InChI=1S/C11H22N2O2/c1-3-13(8-9-15-2)11(14)10-4-6-12-7-5-10/h10,12H,3-9H2,1-2H3. The predicted octanol–water partition coefficient (Wildman–Crippen LogP) is 0.481. The molecule has 1 heterocycles. The van der Waals surface area contributed by atoms with Crippen molar-refractivity contribution in [3.05, 3.63) is 0 Å². The van der Waals surface area contributed by atoms with Crippen LogP contribution in [-0.2, 0) is 9.53 Å². The zero-order chi connectivity index (χ0) is 11.1. The highest BCUT2D eigenvalue weighted by molar-refractivity contribution is 5.78. The van der Waals surface area contributed by atoms with Gasteiger partial charge >= 0.3 is 0 Å². The lowest BCUT2D eigenvalue weighted by Crippen LogP contribution is -2.42. The van der Waals surface area contributed by atoms with Crippen molar-refractivity contribution in [2.24, 2.45) is 5.92 Å². The van der Waals surface area contributed by atoms with E-state index in [9.17, 15) is 4.79 Å². The number of hydrogen-bond donors (Lipinski definition) is 1. The number of hydrogen-bond acceptors (Lipinski definition) is 3. The monoisotopic (exact) mass is 214 g/mol. The number of carbonyl (C=O) groups is 1. The number of amides is 1. The van der Waals surface area contributed by atoms with Crippen LogP contribution in [0, 0.1) is 5.92 Å². The second kappa shape index (κ2) is 6.80. The Morgan fingerprint density at radius 1 is 1.47 bits per heavy atom. The molecule has 0 aromatic carbocycles. The summed E-state index contributed by atoms with van der Waals surface area (Å²) in [4.78, 5) is 14.0. The van der Waals surface area contributed by atoms with Crippen molar-refractivity contribution in [2.45, 2.75) is 19.8 Å². The average molecular weight is 214 g/mol. The molecule has 1 aliphatic rings. The topological polar surface area (TPSA) is 41.6 Å². The summed E-state index contributed by atoms with van der Waals surface area (Å²) >= 11 is 0. The summed E-state index contributed by atoms with van der Waals surface area (Å²) in [5.41, 5.74) is 0. The summed E-state index contributed by atoms with van der Waals surface area (Å²) in [5.74, 6) is 0.527. The highest BCUT2D eigenvalue weighted by Gasteiger charge is 2.24. The largest absolute Gasteiger partial charge is 0.383 e. The van der Waals surface area contributed by atoms with Gasteiger partial charge in [-0.25, -0.2) is 0 Å². The summed E-state index contributed by atoms with van der Waals surface area (Å²) < 4.78 is 5.01. The van der Waals surface area contributed by atoms with E-state index in [1.54, 1.807) is 7.11 Å². The molecule has 0 atom stereocenters. The molecule has 0 aliphatic carbocycles. The molecule has 0 spiro atoms. The number of nitrogens with one attached hydrogen (secondary N) is 1. The first-order chi connectivity index (χ1) is 7.29. The van der Waals surface area contributed by atoms with Gasteiger partial charge in [0.15, 0.2) is 0 Å². The van der Waals surface area contributed by atoms with E-state index >= 15 is 0 Å². The third kappa shape index (κ3) is 3.80. The lowest BCUT2D eigenvalue weighted by atomic mass is 9.96. The second-order valence-electron chi connectivity index (χ2n) is 3.93. The fourth-order valence-corrected chi connectivity index (χ4v) is 1.95. The first kappa shape index (κ1) is 12.5. The van der Waals surface area contributed by atoms with Gasteiger partial charge in [-0.1, -0.05) is 0 Å². The third-order valence-electron chi connectivity index (χ3n) is 2.95. The summed E-state index contributed by atoms with van der Waals surface area (Å²) in [5, 5.41) is 3.27. The smallest absolute Gasteiger partial charge is 0.225 e. The van der Waals surface area contributed by atoms with Crippen molar-refractivity contribution in [1.29, 1.82) is 0 Å². The van der Waals surface area contributed by atoms with E-state index in [2.05, 4.69) is 5.32 Å². The highest BCUT2D eigenvalue weighted by Crippen LogP contribution is 2.14. The Morgan fingerprint density at radius 3 is 2.67 bits per heavy atom. The van der Waals surface area contributed by atoms with Crippen LogP contribution in [0.3, 0.4) is 0 Å². The van der Waals surface area contributed by atoms with E-state index in [1.165, 1.54) is 0 Å². The van der Waals surface area contributed by atoms with Gasteiger partial charge in [0.05, 0.1) is 6.61 Å². The lowest BCUT2D eigenvalue weighted by Gasteiger charge is -2.28. The maximum atomic E-state index is 12.1. The highest BCUT2D eigenvalue weighted by atomic mass is 16.5. The predicted molar refractivity (Wildman–Crippen MR) is 59.7 cm³/mol. The molecule has 0 unspecified atom stereocenters. The normalized spacial score (nSPS) is 17.7. The molecule has 0 aromatic rings. The van der Waals surface area contributed by atoms with E-state index in [0.717, 1.165) is 39.0 Å². The van der Waals surface area contributed by atoms with Crippen LogP contribution < -0.4 is 5.32 Å². The van der Waals surface area contributed by atoms with Crippen molar-refractivity contribution >= 4 is 5.91 Å². The Kier molecular flexibility index (Phi) is 5.65. The first-order valence-corrected chi connectivity index (χ1v) is 5.78. The van der Waals surface area contributed by atoms with Gasteiger partial charge in [-0.05, 0) is 32.9 Å². The van der Waals surface area contributed by atoms with Crippen LogP contribution in [-0.4, -0.2) is 50.7 Å². The molecule has 1 rings (SSSR count). The molecular formula is C11H22N2O2. The summed E-state index contributed by atoms with van der Waals surface area (Å²) in [6.45, 7) is 6.09. The molecule has 1 fully saturated rings. The van der Waals surface area contributed by atoms with Crippen LogP contribution in [0.25, 0.3) is 0 Å². The van der Waals surface area contributed by atoms with E-state index in [1.807, 2.05) is 11.8 Å².